The summed E-state index contributed by atoms with van der Waals surface area (Å²) < 4.78 is 0. The predicted molar refractivity (Wildman–Crippen MR) is 132 cm³/mol. The number of benzene rings is 2. The van der Waals surface area contributed by atoms with Crippen LogP contribution in [-0.2, 0) is 32.0 Å². The van der Waals surface area contributed by atoms with Gasteiger partial charge in [0.05, 0.1) is 6.61 Å². The number of carboxylic acids is 1. The SMILES string of the molecule is NC(CO)C(=O)NC(Cc1ccccc1)C(=O)NC(Cc1c[nH]c2ccccc12)C(=O)NCC(=O)O. The molecule has 0 fully saturated rings. The zero-order valence-electron chi connectivity index (χ0n) is 19.4. The molecule has 0 aliphatic heterocycles. The number of para-hydroxylation sites is 1. The number of hydrogen-bond acceptors (Lipinski definition) is 6. The van der Waals surface area contributed by atoms with Crippen molar-refractivity contribution in [1.29, 1.82) is 0 Å². The fourth-order valence-electron chi connectivity index (χ4n) is 3.71. The summed E-state index contributed by atoms with van der Waals surface area (Å²) in [4.78, 5) is 52.6. The van der Waals surface area contributed by atoms with Crippen LogP contribution < -0.4 is 21.7 Å². The minimum atomic E-state index is -1.23. The molecule has 0 saturated heterocycles. The predicted octanol–water partition coefficient (Wildman–Crippen LogP) is -0.557. The number of rotatable bonds is 12. The largest absolute Gasteiger partial charge is 0.480 e. The van der Waals surface area contributed by atoms with Crippen LogP contribution in [0.3, 0.4) is 0 Å². The maximum atomic E-state index is 13.3. The highest BCUT2D eigenvalue weighted by molar-refractivity contribution is 5.94. The number of aliphatic hydroxyl groups is 1. The monoisotopic (exact) mass is 495 g/mol. The number of aromatic nitrogens is 1. The van der Waals surface area contributed by atoms with Crippen LogP contribution in [-0.4, -0.2) is 70.2 Å². The zero-order valence-corrected chi connectivity index (χ0v) is 19.4. The Balaban J connectivity index is 1.84. The average molecular weight is 496 g/mol. The number of H-pyrrole nitrogens is 1. The molecule has 0 radical (unpaired) electrons. The van der Waals surface area contributed by atoms with E-state index in [-0.39, 0.29) is 12.8 Å². The van der Waals surface area contributed by atoms with E-state index in [0.29, 0.717) is 0 Å². The molecule has 3 rings (SSSR count). The Morgan fingerprint density at radius 1 is 0.861 bits per heavy atom. The van der Waals surface area contributed by atoms with Crippen molar-refractivity contribution in [3.8, 4) is 0 Å². The molecule has 3 aromatic rings. The Morgan fingerprint density at radius 2 is 1.50 bits per heavy atom. The van der Waals surface area contributed by atoms with Gasteiger partial charge in [0.15, 0.2) is 0 Å². The van der Waals surface area contributed by atoms with Gasteiger partial charge < -0.3 is 36.9 Å². The highest BCUT2D eigenvalue weighted by Crippen LogP contribution is 2.19. The van der Waals surface area contributed by atoms with Gasteiger partial charge in [-0.05, 0) is 17.2 Å². The van der Waals surface area contributed by atoms with Gasteiger partial charge in [-0.25, -0.2) is 0 Å². The van der Waals surface area contributed by atoms with Crippen LogP contribution >= 0.6 is 0 Å². The molecule has 1 aromatic heterocycles. The molecule has 36 heavy (non-hydrogen) atoms. The summed E-state index contributed by atoms with van der Waals surface area (Å²) in [5.74, 6) is -3.30. The third-order valence-corrected chi connectivity index (χ3v) is 5.59. The maximum Gasteiger partial charge on any atom is 0.322 e. The molecule has 1 heterocycles. The van der Waals surface area contributed by atoms with Crippen LogP contribution in [0.15, 0.2) is 60.8 Å². The summed E-state index contributed by atoms with van der Waals surface area (Å²) in [7, 11) is 0. The molecule has 0 spiro atoms. The lowest BCUT2D eigenvalue weighted by Crippen LogP contribution is -2.57. The topological polar surface area (TPSA) is 187 Å². The number of carboxylic acid groups (broad SMARTS) is 1. The summed E-state index contributed by atoms with van der Waals surface area (Å²) in [6, 6.07) is 12.9. The average Bonchev–Trinajstić information content (AvgIpc) is 3.29. The molecular formula is C25H29N5O6. The smallest absolute Gasteiger partial charge is 0.322 e. The van der Waals surface area contributed by atoms with E-state index < -0.39 is 55.0 Å². The third kappa shape index (κ3) is 7.14. The van der Waals surface area contributed by atoms with Gasteiger partial charge >= 0.3 is 5.97 Å². The van der Waals surface area contributed by atoms with Gasteiger partial charge in [-0.1, -0.05) is 48.5 Å². The van der Waals surface area contributed by atoms with Gasteiger partial charge in [-0.3, -0.25) is 19.2 Å². The van der Waals surface area contributed by atoms with E-state index in [9.17, 15) is 24.3 Å². The number of carbonyl (C=O) groups is 4. The van der Waals surface area contributed by atoms with E-state index >= 15 is 0 Å². The first kappa shape index (κ1) is 26.4. The molecule has 8 N–H and O–H groups in total. The molecule has 3 atom stereocenters. The van der Waals surface area contributed by atoms with Crippen LogP contribution in [0.25, 0.3) is 10.9 Å². The zero-order chi connectivity index (χ0) is 26.1. The number of carbonyl (C=O) groups excluding carboxylic acids is 3. The summed E-state index contributed by atoms with van der Waals surface area (Å²) in [5, 5.41) is 26.5. The van der Waals surface area contributed by atoms with Crippen LogP contribution in [0.1, 0.15) is 11.1 Å². The summed E-state index contributed by atoms with van der Waals surface area (Å²) >= 11 is 0. The van der Waals surface area contributed by atoms with Crippen LogP contribution in [0.4, 0.5) is 0 Å². The highest BCUT2D eigenvalue weighted by Gasteiger charge is 2.29. The fraction of sp³-hybridized carbons (Fsp3) is 0.280. The molecular weight excluding hydrogens is 466 g/mol. The molecule has 3 unspecified atom stereocenters. The lowest BCUT2D eigenvalue weighted by molar-refractivity contribution is -0.138. The van der Waals surface area contributed by atoms with Crippen LogP contribution in [0.2, 0.25) is 0 Å². The van der Waals surface area contributed by atoms with Crippen molar-refractivity contribution in [3.05, 3.63) is 71.9 Å². The summed E-state index contributed by atoms with van der Waals surface area (Å²) in [6.45, 7) is -1.22. The van der Waals surface area contributed by atoms with Crippen molar-refractivity contribution < 1.29 is 29.4 Å². The second-order valence-corrected chi connectivity index (χ2v) is 8.28. The first-order chi connectivity index (χ1) is 17.3. The molecule has 11 nitrogen and oxygen atoms in total. The van der Waals surface area contributed by atoms with E-state index in [1.807, 2.05) is 30.3 Å². The second kappa shape index (κ2) is 12.5. The third-order valence-electron chi connectivity index (χ3n) is 5.59. The lowest BCUT2D eigenvalue weighted by atomic mass is 10.0. The molecule has 190 valence electrons. The minimum absolute atomic E-state index is 0.0728. The number of aliphatic carboxylic acids is 1. The van der Waals surface area contributed by atoms with Crippen molar-refractivity contribution >= 4 is 34.6 Å². The fourth-order valence-corrected chi connectivity index (χ4v) is 3.71. The Morgan fingerprint density at radius 3 is 2.19 bits per heavy atom. The molecule has 0 saturated carbocycles. The Labute approximate surface area is 207 Å². The second-order valence-electron chi connectivity index (χ2n) is 8.28. The Bertz CT molecular complexity index is 1210. The summed E-state index contributed by atoms with van der Waals surface area (Å²) in [6.07, 6.45) is 1.90. The molecule has 0 bridgehead atoms. The van der Waals surface area contributed by atoms with Crippen molar-refractivity contribution in [2.75, 3.05) is 13.2 Å². The van der Waals surface area contributed by atoms with Crippen LogP contribution in [0.5, 0.6) is 0 Å². The first-order valence-electron chi connectivity index (χ1n) is 11.3. The van der Waals surface area contributed by atoms with E-state index in [0.717, 1.165) is 22.0 Å². The number of aromatic amines is 1. The first-order valence-corrected chi connectivity index (χ1v) is 11.3. The lowest BCUT2D eigenvalue weighted by Gasteiger charge is -2.24. The Hall–Kier alpha value is -4.22. The number of nitrogens with one attached hydrogen (secondary N) is 4. The minimum Gasteiger partial charge on any atom is -0.480 e. The number of amides is 3. The summed E-state index contributed by atoms with van der Waals surface area (Å²) in [5.41, 5.74) is 7.94. The van der Waals surface area contributed by atoms with Crippen molar-refractivity contribution in [2.24, 2.45) is 5.73 Å². The van der Waals surface area contributed by atoms with Crippen molar-refractivity contribution in [2.45, 2.75) is 31.0 Å². The van der Waals surface area contributed by atoms with Gasteiger partial charge in [0.25, 0.3) is 0 Å². The maximum absolute atomic E-state index is 13.3. The van der Waals surface area contributed by atoms with E-state index in [4.69, 9.17) is 10.8 Å². The molecule has 2 aromatic carbocycles. The van der Waals surface area contributed by atoms with Gasteiger partial charge in [0.1, 0.15) is 24.7 Å². The van der Waals surface area contributed by atoms with Crippen molar-refractivity contribution in [1.82, 2.24) is 20.9 Å². The highest BCUT2D eigenvalue weighted by atomic mass is 16.4. The number of nitrogens with two attached hydrogens (primary N) is 1. The molecule has 11 heteroatoms. The van der Waals surface area contributed by atoms with Crippen LogP contribution in [0, 0.1) is 0 Å². The quantitative estimate of drug-likeness (QED) is 0.175. The molecule has 3 amide bonds. The Kier molecular flexibility index (Phi) is 9.14. The normalized spacial score (nSPS) is 13.4. The standard InChI is InChI=1S/C25H29N5O6/c26-18(14-31)23(34)29-20(10-15-6-2-1-3-7-15)25(36)30-21(24(35)28-13-22(32)33)11-16-12-27-19-9-5-4-8-17(16)19/h1-9,12,18,20-21,27,31H,10-11,13-14,26H2,(H,28,35)(H,29,34)(H,30,36)(H,32,33). The van der Waals surface area contributed by atoms with Gasteiger partial charge in [0.2, 0.25) is 17.7 Å². The number of fused-ring (bicyclic) bond motifs is 1. The van der Waals surface area contributed by atoms with Gasteiger partial charge in [-0.15, -0.1) is 0 Å². The van der Waals surface area contributed by atoms with E-state index in [1.165, 1.54) is 0 Å². The molecule has 0 aliphatic rings. The van der Waals surface area contributed by atoms with Crippen molar-refractivity contribution in [3.63, 3.8) is 0 Å². The number of aliphatic hydroxyl groups excluding tert-OH is 1. The van der Waals surface area contributed by atoms with Gasteiger partial charge in [0, 0.05) is 29.9 Å². The van der Waals surface area contributed by atoms with E-state index in [1.54, 1.807) is 30.5 Å². The van der Waals surface area contributed by atoms with Gasteiger partial charge in [-0.2, -0.15) is 0 Å². The van der Waals surface area contributed by atoms with E-state index in [2.05, 4.69) is 20.9 Å². The number of hydrogen-bond donors (Lipinski definition) is 7. The molecule has 0 aliphatic carbocycles.